The van der Waals surface area contributed by atoms with Crippen LogP contribution in [0.3, 0.4) is 0 Å². The van der Waals surface area contributed by atoms with Gasteiger partial charge in [0.25, 0.3) is 0 Å². The highest BCUT2D eigenvalue weighted by Crippen LogP contribution is 2.41. The Balaban J connectivity index is 2.44. The Morgan fingerprint density at radius 3 is 2.55 bits per heavy atom. The molecule has 0 aromatic heterocycles. The van der Waals surface area contributed by atoms with E-state index < -0.39 is 26.4 Å². The number of hydrogen-bond donors (Lipinski definition) is 0. The van der Waals surface area contributed by atoms with E-state index in [0.717, 1.165) is 12.1 Å². The number of carbonyl (C=O) groups is 1. The van der Waals surface area contributed by atoms with Crippen LogP contribution in [0.4, 0.5) is 13.2 Å². The highest BCUT2D eigenvalue weighted by molar-refractivity contribution is 7.88. The topological polar surface area (TPSA) is 69.7 Å². The number of ketones is 1. The van der Waals surface area contributed by atoms with Crippen LogP contribution in [0.25, 0.3) is 0 Å². The molecule has 0 saturated carbocycles. The first-order valence-corrected chi connectivity index (χ1v) is 6.91. The molecule has 2 rings (SSSR count). The Kier molecular flexibility index (Phi) is 3.59. The van der Waals surface area contributed by atoms with Gasteiger partial charge < -0.3 is 8.92 Å². The molecule has 1 aromatic carbocycles. The number of alkyl halides is 3. The molecular weight excluding hydrogens is 325 g/mol. The van der Waals surface area contributed by atoms with Gasteiger partial charge in [-0.3, -0.25) is 4.79 Å². The van der Waals surface area contributed by atoms with Crippen molar-refractivity contribution in [3.63, 3.8) is 0 Å². The lowest BCUT2D eigenvalue weighted by Gasteiger charge is -2.19. The summed E-state index contributed by atoms with van der Waals surface area (Å²) in [6.07, 6.45) is 0.102. The van der Waals surface area contributed by atoms with Gasteiger partial charge >= 0.3 is 15.6 Å². The molecule has 1 aromatic rings. The Morgan fingerprint density at radius 1 is 1.30 bits per heavy atom. The number of benzene rings is 1. The number of hydrogen-bond acceptors (Lipinski definition) is 5. The molecular formula is C10H6ClF3O5S. The summed E-state index contributed by atoms with van der Waals surface area (Å²) in [6.45, 7) is 0.00102. The number of Topliss-reactive ketones (excluding diaryl/α,β-unsaturated/α-hetero) is 1. The highest BCUT2D eigenvalue weighted by Gasteiger charge is 2.49. The zero-order chi connectivity index (χ0) is 15.1. The molecule has 5 nitrogen and oxygen atoms in total. The number of fused-ring (bicyclic) bond motifs is 1. The van der Waals surface area contributed by atoms with Gasteiger partial charge in [0, 0.05) is 6.42 Å². The molecule has 0 spiro atoms. The Labute approximate surface area is 116 Å². The van der Waals surface area contributed by atoms with Gasteiger partial charge in [-0.15, -0.1) is 0 Å². The average Bonchev–Trinajstić information content (AvgIpc) is 2.32. The van der Waals surface area contributed by atoms with Gasteiger partial charge in [-0.2, -0.15) is 21.6 Å². The minimum Gasteiger partial charge on any atom is -0.491 e. The number of halogens is 4. The molecule has 0 atom stereocenters. The second-order valence-electron chi connectivity index (χ2n) is 3.76. The summed E-state index contributed by atoms with van der Waals surface area (Å²) in [5.41, 5.74) is -5.51. The maximum atomic E-state index is 12.2. The molecule has 0 bridgehead atoms. The predicted molar refractivity (Wildman–Crippen MR) is 61.5 cm³/mol. The summed E-state index contributed by atoms with van der Waals surface area (Å²) >= 11 is 5.71. The van der Waals surface area contributed by atoms with E-state index in [0.29, 0.717) is 0 Å². The summed E-state index contributed by atoms with van der Waals surface area (Å²) in [6, 6.07) is 1.97. The van der Waals surface area contributed by atoms with E-state index >= 15 is 0 Å². The van der Waals surface area contributed by atoms with Gasteiger partial charge in [-0.25, -0.2) is 0 Å². The fourth-order valence-electron chi connectivity index (χ4n) is 1.51. The SMILES string of the molecule is O=C1CCOc2c1ccc(OS(=O)(=O)C(F)(F)F)c2Cl. The van der Waals surface area contributed by atoms with Crippen molar-refractivity contribution in [1.29, 1.82) is 0 Å². The van der Waals surface area contributed by atoms with E-state index in [-0.39, 0.29) is 30.1 Å². The van der Waals surface area contributed by atoms with Crippen molar-refractivity contribution in [3.8, 4) is 11.5 Å². The fourth-order valence-corrected chi connectivity index (χ4v) is 2.28. The Hall–Kier alpha value is -1.48. The van der Waals surface area contributed by atoms with Crippen LogP contribution in [0, 0.1) is 0 Å². The summed E-state index contributed by atoms with van der Waals surface area (Å²) in [5, 5.41) is -0.497. The molecule has 0 aliphatic carbocycles. The lowest BCUT2D eigenvalue weighted by Crippen LogP contribution is -2.28. The molecule has 0 radical (unpaired) electrons. The summed E-state index contributed by atoms with van der Waals surface area (Å²) in [4.78, 5) is 11.5. The minimum atomic E-state index is -5.84. The first kappa shape index (κ1) is 14.9. The third kappa shape index (κ3) is 2.55. The van der Waals surface area contributed by atoms with Crippen molar-refractivity contribution in [2.75, 3.05) is 6.61 Å². The zero-order valence-corrected chi connectivity index (χ0v) is 11.1. The highest BCUT2D eigenvalue weighted by atomic mass is 35.5. The normalized spacial score (nSPS) is 15.5. The van der Waals surface area contributed by atoms with Crippen molar-refractivity contribution >= 4 is 27.5 Å². The number of rotatable bonds is 2. The van der Waals surface area contributed by atoms with Gasteiger partial charge in [0.1, 0.15) is 5.02 Å². The summed E-state index contributed by atoms with van der Waals surface area (Å²) in [7, 11) is -5.84. The molecule has 0 unspecified atom stereocenters. The van der Waals surface area contributed by atoms with Crippen LogP contribution >= 0.6 is 11.6 Å². The van der Waals surface area contributed by atoms with Crippen molar-refractivity contribution in [2.24, 2.45) is 0 Å². The number of carbonyl (C=O) groups excluding carboxylic acids is 1. The molecule has 0 fully saturated rings. The van der Waals surface area contributed by atoms with E-state index in [2.05, 4.69) is 4.18 Å². The van der Waals surface area contributed by atoms with Gasteiger partial charge in [-0.05, 0) is 12.1 Å². The van der Waals surface area contributed by atoms with E-state index in [4.69, 9.17) is 16.3 Å². The van der Waals surface area contributed by atoms with Crippen molar-refractivity contribution in [3.05, 3.63) is 22.7 Å². The third-order valence-electron chi connectivity index (χ3n) is 2.42. The molecule has 0 amide bonds. The summed E-state index contributed by atoms with van der Waals surface area (Å²) in [5.74, 6) is -1.24. The monoisotopic (exact) mass is 330 g/mol. The molecule has 1 aliphatic rings. The van der Waals surface area contributed by atoms with Crippen molar-refractivity contribution < 1.29 is 35.3 Å². The zero-order valence-electron chi connectivity index (χ0n) is 9.53. The lowest BCUT2D eigenvalue weighted by atomic mass is 10.1. The van der Waals surface area contributed by atoms with Crippen LogP contribution in [0.1, 0.15) is 16.8 Å². The van der Waals surface area contributed by atoms with E-state index in [1.165, 1.54) is 0 Å². The maximum Gasteiger partial charge on any atom is 0.534 e. The lowest BCUT2D eigenvalue weighted by molar-refractivity contribution is -0.0500. The largest absolute Gasteiger partial charge is 0.534 e. The first-order chi connectivity index (χ1) is 9.13. The molecule has 20 heavy (non-hydrogen) atoms. The Morgan fingerprint density at radius 2 is 1.95 bits per heavy atom. The molecule has 1 heterocycles. The second-order valence-corrected chi connectivity index (χ2v) is 5.67. The first-order valence-electron chi connectivity index (χ1n) is 5.13. The Bertz CT molecular complexity index is 668. The third-order valence-corrected chi connectivity index (χ3v) is 3.74. The van der Waals surface area contributed by atoms with E-state index in [9.17, 15) is 26.4 Å². The smallest absolute Gasteiger partial charge is 0.491 e. The van der Waals surface area contributed by atoms with Crippen LogP contribution in [0.15, 0.2) is 12.1 Å². The van der Waals surface area contributed by atoms with Crippen LogP contribution in [-0.4, -0.2) is 26.3 Å². The standard InChI is InChI=1S/C10H6ClF3O5S/c11-8-7(19-20(16,17)10(12,13)14)2-1-5-6(15)3-4-18-9(5)8/h1-2H,3-4H2. The minimum absolute atomic E-state index is 0.00102. The van der Waals surface area contributed by atoms with Gasteiger partial charge in [-0.1, -0.05) is 11.6 Å². The summed E-state index contributed by atoms with van der Waals surface area (Å²) < 4.78 is 67.4. The van der Waals surface area contributed by atoms with Crippen LogP contribution in [0.5, 0.6) is 11.5 Å². The van der Waals surface area contributed by atoms with Gasteiger partial charge in [0.2, 0.25) is 0 Å². The predicted octanol–water partition coefficient (Wildman–Crippen LogP) is 2.53. The number of ether oxygens (including phenoxy) is 1. The molecule has 0 saturated heterocycles. The van der Waals surface area contributed by atoms with Crippen LogP contribution in [0.2, 0.25) is 5.02 Å². The van der Waals surface area contributed by atoms with Crippen molar-refractivity contribution in [1.82, 2.24) is 0 Å². The quantitative estimate of drug-likeness (QED) is 0.615. The van der Waals surface area contributed by atoms with Crippen LogP contribution in [-0.2, 0) is 10.1 Å². The maximum absolute atomic E-state index is 12.2. The van der Waals surface area contributed by atoms with Gasteiger partial charge in [0.15, 0.2) is 17.3 Å². The fraction of sp³-hybridized carbons (Fsp3) is 0.300. The molecule has 0 N–H and O–H groups in total. The molecule has 110 valence electrons. The van der Waals surface area contributed by atoms with Gasteiger partial charge in [0.05, 0.1) is 12.2 Å². The van der Waals surface area contributed by atoms with Crippen molar-refractivity contribution in [2.45, 2.75) is 11.9 Å². The molecule has 10 heteroatoms. The van der Waals surface area contributed by atoms with E-state index in [1.54, 1.807) is 0 Å². The second kappa shape index (κ2) is 4.81. The average molecular weight is 331 g/mol. The van der Waals surface area contributed by atoms with E-state index in [1.807, 2.05) is 0 Å². The van der Waals surface area contributed by atoms with Crippen LogP contribution < -0.4 is 8.92 Å². The molecule has 1 aliphatic heterocycles.